The van der Waals surface area contributed by atoms with Crippen molar-refractivity contribution in [2.24, 2.45) is 5.10 Å². The Morgan fingerprint density at radius 2 is 1.87 bits per heavy atom. The summed E-state index contributed by atoms with van der Waals surface area (Å²) in [6.07, 6.45) is 0.201. The van der Waals surface area contributed by atoms with Gasteiger partial charge in [0, 0.05) is 54.3 Å². The molecular weight excluding hydrogens is 574 g/mol. The number of nitrogens with one attached hydrogen (secondary N) is 3. The number of ether oxygens (including phenoxy) is 2. The van der Waals surface area contributed by atoms with Crippen LogP contribution < -0.4 is 25.5 Å². The minimum atomic E-state index is -0.786. The second-order valence-electron chi connectivity index (χ2n) is 11.9. The first-order valence-electron chi connectivity index (χ1n) is 15.2. The molecule has 0 bridgehead atoms. The Morgan fingerprint density at radius 3 is 2.62 bits per heavy atom. The maximum atomic E-state index is 12.6. The fourth-order valence-electron chi connectivity index (χ4n) is 5.42. The highest BCUT2D eigenvalue weighted by molar-refractivity contribution is 6.11. The SMILES string of the molecule is Cc1cc(C2=NNC(=O)CC2)ccc1OCC(=O)NCC(C)(C)NCC(O)COc1cccc2c1c1ccccc1n2CCO. The van der Waals surface area contributed by atoms with E-state index in [0.717, 1.165) is 38.6 Å². The van der Waals surface area contributed by atoms with Crippen LogP contribution in [-0.2, 0) is 16.1 Å². The first-order valence-corrected chi connectivity index (χ1v) is 15.2. The third-order valence-electron chi connectivity index (χ3n) is 7.83. The van der Waals surface area contributed by atoms with E-state index in [2.05, 4.69) is 25.7 Å². The number of fused-ring (bicyclic) bond motifs is 3. The number of nitrogens with zero attached hydrogens (tertiary/aromatic N) is 2. The predicted octanol–water partition coefficient (Wildman–Crippen LogP) is 3.01. The lowest BCUT2D eigenvalue weighted by atomic mass is 10.0. The number of carbonyl (C=O) groups excluding carboxylic acids is 2. The van der Waals surface area contributed by atoms with E-state index in [1.54, 1.807) is 6.07 Å². The summed E-state index contributed by atoms with van der Waals surface area (Å²) in [6.45, 7) is 6.83. The van der Waals surface area contributed by atoms with Gasteiger partial charge in [-0.3, -0.25) is 9.59 Å². The Balaban J connectivity index is 1.08. The number of carbonyl (C=O) groups is 2. The molecule has 11 nitrogen and oxygen atoms in total. The molecule has 238 valence electrons. The number of aryl methyl sites for hydroxylation is 1. The summed E-state index contributed by atoms with van der Waals surface area (Å²) in [4.78, 5) is 23.9. The smallest absolute Gasteiger partial charge is 0.258 e. The molecule has 0 aliphatic carbocycles. The van der Waals surface area contributed by atoms with Crippen molar-refractivity contribution in [2.75, 3.05) is 32.9 Å². The number of benzene rings is 3. The zero-order valence-corrected chi connectivity index (χ0v) is 25.9. The summed E-state index contributed by atoms with van der Waals surface area (Å²) in [5.74, 6) is 0.927. The van der Waals surface area contributed by atoms with Crippen LogP contribution in [0.1, 0.15) is 37.8 Å². The highest BCUT2D eigenvalue weighted by Gasteiger charge is 2.21. The van der Waals surface area contributed by atoms with E-state index in [-0.39, 0.29) is 38.2 Å². The van der Waals surface area contributed by atoms with Crippen LogP contribution >= 0.6 is 0 Å². The molecule has 1 unspecified atom stereocenters. The number of hydrogen-bond donors (Lipinski definition) is 5. The van der Waals surface area contributed by atoms with Gasteiger partial charge in [-0.25, -0.2) is 5.43 Å². The van der Waals surface area contributed by atoms with Gasteiger partial charge in [0.25, 0.3) is 5.91 Å². The molecule has 45 heavy (non-hydrogen) atoms. The summed E-state index contributed by atoms with van der Waals surface area (Å²) in [7, 11) is 0. The summed E-state index contributed by atoms with van der Waals surface area (Å²) < 4.78 is 13.9. The number of hydrogen-bond acceptors (Lipinski definition) is 8. The van der Waals surface area contributed by atoms with E-state index in [1.165, 1.54) is 0 Å². The molecule has 1 atom stereocenters. The topological polar surface area (TPSA) is 146 Å². The van der Waals surface area contributed by atoms with Crippen LogP contribution in [-0.4, -0.2) is 76.9 Å². The van der Waals surface area contributed by atoms with Gasteiger partial charge in [0.05, 0.1) is 17.8 Å². The molecule has 1 aliphatic rings. The molecule has 0 spiro atoms. The van der Waals surface area contributed by atoms with Crippen molar-refractivity contribution in [1.29, 1.82) is 0 Å². The maximum absolute atomic E-state index is 12.6. The molecule has 0 saturated carbocycles. The molecule has 0 fully saturated rings. The number of aromatic nitrogens is 1. The molecule has 1 aromatic heterocycles. The van der Waals surface area contributed by atoms with Crippen LogP contribution in [0.4, 0.5) is 0 Å². The molecule has 2 amide bonds. The van der Waals surface area contributed by atoms with Crippen LogP contribution in [0, 0.1) is 6.92 Å². The van der Waals surface area contributed by atoms with Crippen molar-refractivity contribution in [2.45, 2.75) is 51.8 Å². The Morgan fingerprint density at radius 1 is 1.07 bits per heavy atom. The zero-order chi connectivity index (χ0) is 32.0. The van der Waals surface area contributed by atoms with Crippen LogP contribution in [0.25, 0.3) is 21.8 Å². The number of hydrazone groups is 1. The quantitative estimate of drug-likeness (QED) is 0.147. The van der Waals surface area contributed by atoms with Crippen molar-refractivity contribution in [3.05, 3.63) is 71.8 Å². The van der Waals surface area contributed by atoms with Gasteiger partial charge in [-0.05, 0) is 68.3 Å². The van der Waals surface area contributed by atoms with Crippen molar-refractivity contribution < 1.29 is 29.3 Å². The molecular formula is C34H41N5O6. The molecule has 1 aliphatic heterocycles. The monoisotopic (exact) mass is 615 g/mol. The lowest BCUT2D eigenvalue weighted by molar-refractivity contribution is -0.123. The predicted molar refractivity (Wildman–Crippen MR) is 174 cm³/mol. The lowest BCUT2D eigenvalue weighted by Gasteiger charge is -2.28. The molecule has 3 aromatic carbocycles. The van der Waals surface area contributed by atoms with Gasteiger partial charge in [-0.15, -0.1) is 0 Å². The van der Waals surface area contributed by atoms with Crippen LogP contribution in [0.2, 0.25) is 0 Å². The highest BCUT2D eigenvalue weighted by Crippen LogP contribution is 2.35. The first kappa shape index (κ1) is 32.0. The van der Waals surface area contributed by atoms with E-state index in [1.807, 2.05) is 75.4 Å². The third kappa shape index (κ3) is 7.80. The van der Waals surface area contributed by atoms with Crippen LogP contribution in [0.5, 0.6) is 11.5 Å². The normalized spacial score (nSPS) is 14.2. The lowest BCUT2D eigenvalue weighted by Crippen LogP contribution is -2.52. The molecule has 4 aromatic rings. The third-order valence-corrected chi connectivity index (χ3v) is 7.83. The fraction of sp³-hybridized carbons (Fsp3) is 0.382. The van der Waals surface area contributed by atoms with Crippen molar-refractivity contribution in [3.8, 4) is 11.5 Å². The minimum absolute atomic E-state index is 0.0283. The number of β-amino-alcohol motifs (C(OH)–C–C–N with tert-alkyl or cyclic N) is 1. The molecule has 0 saturated heterocycles. The van der Waals surface area contributed by atoms with Crippen LogP contribution in [0.15, 0.2) is 65.8 Å². The molecule has 5 rings (SSSR count). The fourth-order valence-corrected chi connectivity index (χ4v) is 5.42. The van der Waals surface area contributed by atoms with Crippen molar-refractivity contribution >= 4 is 39.3 Å². The number of para-hydroxylation sites is 1. The van der Waals surface area contributed by atoms with E-state index in [0.29, 0.717) is 37.4 Å². The van der Waals surface area contributed by atoms with Crippen molar-refractivity contribution in [3.63, 3.8) is 0 Å². The number of amides is 2. The maximum Gasteiger partial charge on any atom is 0.258 e. The van der Waals surface area contributed by atoms with Gasteiger partial charge < -0.3 is 34.9 Å². The van der Waals surface area contributed by atoms with Gasteiger partial charge >= 0.3 is 0 Å². The average Bonchev–Trinajstić information content (AvgIpc) is 3.36. The minimum Gasteiger partial charge on any atom is -0.490 e. The largest absolute Gasteiger partial charge is 0.490 e. The van der Waals surface area contributed by atoms with E-state index < -0.39 is 11.6 Å². The van der Waals surface area contributed by atoms with Gasteiger partial charge in [0.1, 0.15) is 24.2 Å². The number of aliphatic hydroxyl groups is 2. The summed E-state index contributed by atoms with van der Waals surface area (Å²) in [5, 5.41) is 32.6. The molecule has 0 radical (unpaired) electrons. The van der Waals surface area contributed by atoms with Gasteiger partial charge in [0.2, 0.25) is 5.91 Å². The van der Waals surface area contributed by atoms with E-state index in [9.17, 15) is 19.8 Å². The van der Waals surface area contributed by atoms with Gasteiger partial charge in [0.15, 0.2) is 6.61 Å². The standard InChI is InChI=1S/C34H41N5O6/c1-22-17-23(26-12-14-31(42)38-37-26)11-13-29(22)45-20-32(43)35-21-34(2,3)36-18-24(41)19-44-30-10-6-9-28-33(30)25-7-4-5-8-27(25)39(28)15-16-40/h4-11,13,17,24,36,40-41H,12,14-16,18-21H2,1-3H3,(H,35,43)(H,38,42). The molecule has 2 heterocycles. The first-order chi connectivity index (χ1) is 21.6. The van der Waals surface area contributed by atoms with Gasteiger partial charge in [-0.2, -0.15) is 5.10 Å². The Labute approximate surface area is 262 Å². The Bertz CT molecular complexity index is 1710. The number of aliphatic hydroxyl groups excluding tert-OH is 2. The summed E-state index contributed by atoms with van der Waals surface area (Å²) in [6, 6.07) is 19.4. The number of rotatable bonds is 14. The van der Waals surface area contributed by atoms with Gasteiger partial charge in [-0.1, -0.05) is 24.3 Å². The summed E-state index contributed by atoms with van der Waals surface area (Å²) in [5.41, 5.74) is 6.58. The Kier molecular flexibility index (Phi) is 10.0. The van der Waals surface area contributed by atoms with Crippen molar-refractivity contribution in [1.82, 2.24) is 20.6 Å². The Hall–Kier alpha value is -4.45. The molecule has 5 N–H and O–H groups in total. The highest BCUT2D eigenvalue weighted by atomic mass is 16.5. The molecule has 11 heteroatoms. The van der Waals surface area contributed by atoms with Crippen LogP contribution in [0.3, 0.4) is 0 Å². The second kappa shape index (κ2) is 14.1. The summed E-state index contributed by atoms with van der Waals surface area (Å²) >= 11 is 0. The average molecular weight is 616 g/mol. The second-order valence-corrected chi connectivity index (χ2v) is 11.9. The zero-order valence-electron chi connectivity index (χ0n) is 25.9. The van der Waals surface area contributed by atoms with E-state index >= 15 is 0 Å². The van der Waals surface area contributed by atoms with E-state index in [4.69, 9.17) is 9.47 Å².